The number of nitrogens with zero attached hydrogens (tertiary/aromatic N) is 3. The van der Waals surface area contributed by atoms with Crippen molar-refractivity contribution in [2.75, 3.05) is 24.8 Å². The standard InChI is InChI=1S/C19H18ClN3O3.CH4O3S/c1-11(24)26-18-9-15-14(8-17(18)25-2)19(22-10-21-15)23-6-5-12-3-4-13(20)7-16(12)23;1-5(2,3)4/h3-4,7-11,24H,5-6H2,1-2H3;1H3,(H,2,3,4). The van der Waals surface area contributed by atoms with Gasteiger partial charge in [0.1, 0.15) is 12.1 Å². The summed E-state index contributed by atoms with van der Waals surface area (Å²) < 4.78 is 36.7. The first-order chi connectivity index (χ1) is 14.6. The van der Waals surface area contributed by atoms with Gasteiger partial charge in [-0.3, -0.25) is 4.55 Å². The topological polar surface area (TPSA) is 122 Å². The lowest BCUT2D eigenvalue weighted by Crippen LogP contribution is -2.15. The first-order valence-electron chi connectivity index (χ1n) is 9.22. The zero-order chi connectivity index (χ0) is 22.8. The average molecular weight is 468 g/mol. The van der Waals surface area contributed by atoms with Crippen LogP contribution in [0.1, 0.15) is 12.5 Å². The van der Waals surface area contributed by atoms with Crippen molar-refractivity contribution in [3.8, 4) is 11.5 Å². The maximum atomic E-state index is 9.53. The molecule has 1 aliphatic heterocycles. The van der Waals surface area contributed by atoms with E-state index in [-0.39, 0.29) is 0 Å². The molecule has 0 saturated carbocycles. The molecule has 1 aromatic heterocycles. The minimum atomic E-state index is -3.67. The van der Waals surface area contributed by atoms with Gasteiger partial charge in [0.05, 0.1) is 18.9 Å². The Hall–Kier alpha value is -2.66. The second kappa shape index (κ2) is 9.23. The number of benzene rings is 2. The highest BCUT2D eigenvalue weighted by molar-refractivity contribution is 7.85. The van der Waals surface area contributed by atoms with Crippen LogP contribution in [0, 0.1) is 0 Å². The van der Waals surface area contributed by atoms with Crippen LogP contribution in [0.15, 0.2) is 36.7 Å². The molecule has 0 fully saturated rings. The fraction of sp³-hybridized carbons (Fsp3) is 0.300. The van der Waals surface area contributed by atoms with Crippen molar-refractivity contribution in [3.05, 3.63) is 47.2 Å². The Balaban J connectivity index is 0.000000491. The lowest BCUT2D eigenvalue weighted by atomic mass is 10.1. The van der Waals surface area contributed by atoms with Crippen molar-refractivity contribution in [2.24, 2.45) is 0 Å². The molecule has 1 unspecified atom stereocenters. The zero-order valence-electron chi connectivity index (χ0n) is 17.1. The van der Waals surface area contributed by atoms with Gasteiger partial charge in [0.2, 0.25) is 0 Å². The number of hydrogen-bond acceptors (Lipinski definition) is 8. The van der Waals surface area contributed by atoms with Crippen LogP contribution in [0.4, 0.5) is 11.5 Å². The van der Waals surface area contributed by atoms with E-state index in [1.807, 2.05) is 18.2 Å². The fourth-order valence-electron chi connectivity index (χ4n) is 3.27. The van der Waals surface area contributed by atoms with Crippen LogP contribution < -0.4 is 14.4 Å². The molecule has 3 aromatic rings. The van der Waals surface area contributed by atoms with Crippen molar-refractivity contribution in [1.82, 2.24) is 9.97 Å². The monoisotopic (exact) mass is 467 g/mol. The predicted octanol–water partition coefficient (Wildman–Crippen LogP) is 3.21. The number of ether oxygens (including phenoxy) is 2. The van der Waals surface area contributed by atoms with Crippen molar-refractivity contribution in [3.63, 3.8) is 0 Å². The summed E-state index contributed by atoms with van der Waals surface area (Å²) in [5, 5.41) is 11.1. The zero-order valence-corrected chi connectivity index (χ0v) is 18.7. The molecule has 2 heterocycles. The van der Waals surface area contributed by atoms with E-state index in [0.29, 0.717) is 28.3 Å². The summed E-state index contributed by atoms with van der Waals surface area (Å²) >= 11 is 6.19. The van der Waals surface area contributed by atoms with Crippen LogP contribution in [-0.2, 0) is 16.5 Å². The van der Waals surface area contributed by atoms with Crippen molar-refractivity contribution < 1.29 is 27.6 Å². The minimum Gasteiger partial charge on any atom is -0.493 e. The van der Waals surface area contributed by atoms with Crippen LogP contribution in [0.25, 0.3) is 10.9 Å². The molecular weight excluding hydrogens is 446 g/mol. The second-order valence-electron chi connectivity index (χ2n) is 6.84. The van der Waals surface area contributed by atoms with Gasteiger partial charge >= 0.3 is 0 Å². The van der Waals surface area contributed by atoms with Crippen molar-refractivity contribution >= 4 is 44.1 Å². The van der Waals surface area contributed by atoms with Crippen LogP contribution >= 0.6 is 11.6 Å². The SMILES string of the molecule is COc1cc2c(N3CCc4ccc(Cl)cc43)ncnc2cc1OC(C)O.CS(=O)(=O)O. The van der Waals surface area contributed by atoms with Gasteiger partial charge in [-0.1, -0.05) is 17.7 Å². The molecule has 2 aromatic carbocycles. The summed E-state index contributed by atoms with van der Waals surface area (Å²) in [6.07, 6.45) is 2.22. The normalized spacial score (nSPS) is 13.9. The Morgan fingerprint density at radius 2 is 1.90 bits per heavy atom. The van der Waals surface area contributed by atoms with Crippen LogP contribution in [0.2, 0.25) is 5.02 Å². The fourth-order valence-corrected chi connectivity index (χ4v) is 3.44. The van der Waals surface area contributed by atoms with E-state index in [2.05, 4.69) is 20.9 Å². The Labute approximate surface area is 185 Å². The molecule has 0 aliphatic carbocycles. The largest absolute Gasteiger partial charge is 0.493 e. The van der Waals surface area contributed by atoms with Crippen LogP contribution in [0.5, 0.6) is 11.5 Å². The van der Waals surface area contributed by atoms with Gasteiger partial charge in [0, 0.05) is 28.7 Å². The molecule has 4 rings (SSSR count). The van der Waals surface area contributed by atoms with Gasteiger partial charge in [-0.15, -0.1) is 0 Å². The summed E-state index contributed by atoms with van der Waals surface area (Å²) in [7, 11) is -2.11. The first kappa shape index (κ1) is 23.0. The third-order valence-corrected chi connectivity index (χ3v) is 4.63. The summed E-state index contributed by atoms with van der Waals surface area (Å²) in [6.45, 7) is 2.36. The Bertz CT molecular complexity index is 1190. The number of aromatic nitrogens is 2. The molecule has 1 aliphatic rings. The number of fused-ring (bicyclic) bond motifs is 2. The van der Waals surface area contributed by atoms with Gasteiger partial charge in [0.25, 0.3) is 10.1 Å². The predicted molar refractivity (Wildman–Crippen MR) is 118 cm³/mol. The van der Waals surface area contributed by atoms with Crippen molar-refractivity contribution in [1.29, 1.82) is 0 Å². The first-order valence-corrected chi connectivity index (χ1v) is 11.5. The molecule has 11 heteroatoms. The second-order valence-corrected chi connectivity index (χ2v) is 8.74. The minimum absolute atomic E-state index is 0.435. The van der Waals surface area contributed by atoms with E-state index in [4.69, 9.17) is 25.6 Å². The lowest BCUT2D eigenvalue weighted by Gasteiger charge is -2.21. The van der Waals surface area contributed by atoms with Crippen LogP contribution in [0.3, 0.4) is 0 Å². The molecule has 0 radical (unpaired) electrons. The molecule has 0 spiro atoms. The molecule has 0 saturated heterocycles. The number of aliphatic hydroxyl groups excluding tert-OH is 1. The number of anilines is 2. The Morgan fingerprint density at radius 3 is 2.55 bits per heavy atom. The third-order valence-electron chi connectivity index (χ3n) is 4.40. The highest BCUT2D eigenvalue weighted by Gasteiger charge is 2.24. The number of hydrogen-bond donors (Lipinski definition) is 2. The molecular formula is C20H22ClN3O6S. The summed E-state index contributed by atoms with van der Waals surface area (Å²) in [5.74, 6) is 1.74. The summed E-state index contributed by atoms with van der Waals surface area (Å²) in [4.78, 5) is 11.0. The van der Waals surface area contributed by atoms with E-state index >= 15 is 0 Å². The quantitative estimate of drug-likeness (QED) is 0.439. The van der Waals surface area contributed by atoms with E-state index in [0.717, 1.165) is 29.9 Å². The average Bonchev–Trinajstić information content (AvgIpc) is 3.08. The summed E-state index contributed by atoms with van der Waals surface area (Å²) in [6, 6.07) is 9.51. The molecule has 31 heavy (non-hydrogen) atoms. The number of halogens is 1. The lowest BCUT2D eigenvalue weighted by molar-refractivity contribution is -0.00195. The van der Waals surface area contributed by atoms with Gasteiger partial charge in [0.15, 0.2) is 17.8 Å². The van der Waals surface area contributed by atoms with E-state index in [9.17, 15) is 13.5 Å². The molecule has 166 valence electrons. The van der Waals surface area contributed by atoms with Gasteiger partial charge in [-0.25, -0.2) is 9.97 Å². The maximum absolute atomic E-state index is 9.53. The Morgan fingerprint density at radius 1 is 1.19 bits per heavy atom. The smallest absolute Gasteiger partial charge is 0.261 e. The number of methoxy groups -OCH3 is 1. The maximum Gasteiger partial charge on any atom is 0.261 e. The Kier molecular flexibility index (Phi) is 6.85. The highest BCUT2D eigenvalue weighted by Crippen LogP contribution is 2.40. The van der Waals surface area contributed by atoms with Gasteiger partial charge in [-0.05, 0) is 37.1 Å². The summed E-state index contributed by atoms with van der Waals surface area (Å²) in [5.41, 5.74) is 3.00. The number of aliphatic hydroxyl groups is 1. The van der Waals surface area contributed by atoms with Gasteiger partial charge in [-0.2, -0.15) is 8.42 Å². The highest BCUT2D eigenvalue weighted by atomic mass is 35.5. The van der Waals surface area contributed by atoms with Crippen LogP contribution in [-0.4, -0.2) is 54.2 Å². The number of rotatable bonds is 4. The van der Waals surface area contributed by atoms with Crippen molar-refractivity contribution in [2.45, 2.75) is 19.6 Å². The van der Waals surface area contributed by atoms with E-state index in [1.165, 1.54) is 11.9 Å². The molecule has 9 nitrogen and oxygen atoms in total. The van der Waals surface area contributed by atoms with E-state index in [1.54, 1.807) is 20.1 Å². The molecule has 2 N–H and O–H groups in total. The van der Waals surface area contributed by atoms with Gasteiger partial charge < -0.3 is 19.5 Å². The van der Waals surface area contributed by atoms with E-state index < -0.39 is 16.4 Å². The molecule has 0 bridgehead atoms. The third kappa shape index (κ3) is 5.73. The molecule has 0 amide bonds. The molecule has 1 atom stereocenters.